The van der Waals surface area contributed by atoms with Gasteiger partial charge >= 0.3 is 0 Å². The Morgan fingerprint density at radius 2 is 1.82 bits per heavy atom. The van der Waals surface area contributed by atoms with Crippen LogP contribution in [-0.2, 0) is 22.4 Å². The molecule has 1 heterocycles. The standard InChI is InChI=1S/C30H25ClN6O2/c31-24-11-13-28(37-19-33-35-36-37)23(18-24)10-14-30(39)34-27(16-20-5-2-1-3-6-20)29(38)17-21-9-12-25-22(15-21)7-4-8-26(25)32/h1-15,18-19,27H,16-17,32H2,(H,34,39)/b14-10+/t27-/m0/s1. The van der Waals surface area contributed by atoms with Crippen LogP contribution in [0.25, 0.3) is 22.5 Å². The Morgan fingerprint density at radius 3 is 2.62 bits per heavy atom. The van der Waals surface area contributed by atoms with Gasteiger partial charge in [-0.25, -0.2) is 0 Å². The Hall–Kier alpha value is -4.82. The largest absolute Gasteiger partial charge is 0.398 e. The van der Waals surface area contributed by atoms with Crippen molar-refractivity contribution in [1.29, 1.82) is 0 Å². The number of halogens is 1. The number of carbonyl (C=O) groups excluding carboxylic acids is 2. The van der Waals surface area contributed by atoms with Crippen LogP contribution in [0.2, 0.25) is 5.02 Å². The molecule has 0 aliphatic carbocycles. The number of rotatable bonds is 9. The number of nitrogens with zero attached hydrogens (tertiary/aromatic N) is 4. The maximum absolute atomic E-state index is 13.5. The summed E-state index contributed by atoms with van der Waals surface area (Å²) in [6.45, 7) is 0. The zero-order valence-electron chi connectivity index (χ0n) is 20.9. The lowest BCUT2D eigenvalue weighted by molar-refractivity contribution is -0.125. The van der Waals surface area contributed by atoms with E-state index in [1.165, 1.54) is 17.1 Å². The van der Waals surface area contributed by atoms with Crippen molar-refractivity contribution in [2.24, 2.45) is 0 Å². The molecule has 0 saturated carbocycles. The van der Waals surface area contributed by atoms with Crippen LogP contribution in [0.5, 0.6) is 0 Å². The number of ketones is 1. The fourth-order valence-electron chi connectivity index (χ4n) is 4.41. The van der Waals surface area contributed by atoms with Gasteiger partial charge in [0.2, 0.25) is 5.91 Å². The Kier molecular flexibility index (Phi) is 7.75. The topological polar surface area (TPSA) is 116 Å². The predicted octanol–water partition coefficient (Wildman–Crippen LogP) is 4.60. The number of nitrogen functional groups attached to an aromatic ring is 1. The van der Waals surface area contributed by atoms with Crippen molar-refractivity contribution in [3.8, 4) is 5.69 Å². The molecule has 0 aliphatic rings. The van der Waals surface area contributed by atoms with Crippen molar-refractivity contribution in [2.45, 2.75) is 18.9 Å². The molecule has 3 N–H and O–H groups in total. The summed E-state index contributed by atoms with van der Waals surface area (Å²) in [6.07, 6.45) is 4.99. The van der Waals surface area contributed by atoms with E-state index < -0.39 is 11.9 Å². The highest BCUT2D eigenvalue weighted by Crippen LogP contribution is 2.23. The average molecular weight is 537 g/mol. The lowest BCUT2D eigenvalue weighted by atomic mass is 9.96. The van der Waals surface area contributed by atoms with E-state index in [0.29, 0.717) is 28.4 Å². The second kappa shape index (κ2) is 11.7. The molecule has 0 unspecified atom stereocenters. The highest BCUT2D eigenvalue weighted by Gasteiger charge is 2.21. The van der Waals surface area contributed by atoms with Crippen LogP contribution < -0.4 is 11.1 Å². The molecular formula is C30H25ClN6O2. The molecule has 39 heavy (non-hydrogen) atoms. The van der Waals surface area contributed by atoms with Crippen LogP contribution in [0.3, 0.4) is 0 Å². The van der Waals surface area contributed by atoms with Crippen LogP contribution in [-0.4, -0.2) is 37.9 Å². The van der Waals surface area contributed by atoms with E-state index in [4.69, 9.17) is 17.3 Å². The summed E-state index contributed by atoms with van der Waals surface area (Å²) in [7, 11) is 0. The van der Waals surface area contributed by atoms with Gasteiger partial charge in [-0.1, -0.05) is 72.3 Å². The first-order valence-electron chi connectivity index (χ1n) is 12.3. The van der Waals surface area contributed by atoms with E-state index in [1.807, 2.05) is 66.7 Å². The number of aromatic nitrogens is 4. The number of hydrogen-bond donors (Lipinski definition) is 2. The van der Waals surface area contributed by atoms with E-state index >= 15 is 0 Å². The van der Waals surface area contributed by atoms with E-state index in [1.54, 1.807) is 24.3 Å². The maximum Gasteiger partial charge on any atom is 0.244 e. The minimum atomic E-state index is -0.723. The first-order chi connectivity index (χ1) is 19.0. The lowest BCUT2D eigenvalue weighted by Gasteiger charge is -2.17. The molecule has 8 nitrogen and oxygen atoms in total. The number of amides is 1. The predicted molar refractivity (Wildman–Crippen MR) is 152 cm³/mol. The van der Waals surface area contributed by atoms with Gasteiger partial charge in [0, 0.05) is 34.2 Å². The van der Waals surface area contributed by atoms with Gasteiger partial charge < -0.3 is 11.1 Å². The highest BCUT2D eigenvalue weighted by molar-refractivity contribution is 6.30. The fraction of sp³-hybridized carbons (Fsp3) is 0.100. The Balaban J connectivity index is 1.36. The highest BCUT2D eigenvalue weighted by atomic mass is 35.5. The van der Waals surface area contributed by atoms with Gasteiger partial charge in [-0.05, 0) is 63.7 Å². The van der Waals surface area contributed by atoms with Crippen molar-refractivity contribution in [3.05, 3.63) is 119 Å². The molecule has 1 amide bonds. The van der Waals surface area contributed by atoms with Crippen LogP contribution in [0.15, 0.2) is 97.3 Å². The van der Waals surface area contributed by atoms with Crippen molar-refractivity contribution < 1.29 is 9.59 Å². The van der Waals surface area contributed by atoms with Gasteiger partial charge in [-0.15, -0.1) is 5.10 Å². The molecule has 1 aromatic heterocycles. The van der Waals surface area contributed by atoms with Crippen molar-refractivity contribution >= 4 is 45.8 Å². The zero-order valence-corrected chi connectivity index (χ0v) is 21.6. The molecule has 5 aromatic rings. The summed E-state index contributed by atoms with van der Waals surface area (Å²) in [4.78, 5) is 26.5. The first-order valence-corrected chi connectivity index (χ1v) is 12.7. The summed E-state index contributed by atoms with van der Waals surface area (Å²) in [5.74, 6) is -0.501. The normalized spacial score (nSPS) is 12.0. The molecule has 0 radical (unpaired) electrons. The van der Waals surface area contributed by atoms with Crippen molar-refractivity contribution in [1.82, 2.24) is 25.5 Å². The van der Waals surface area contributed by atoms with Crippen LogP contribution in [0.1, 0.15) is 16.7 Å². The number of nitrogens with one attached hydrogen (secondary N) is 1. The van der Waals surface area contributed by atoms with Gasteiger partial charge in [-0.2, -0.15) is 4.68 Å². The number of anilines is 1. The third kappa shape index (κ3) is 6.37. The lowest BCUT2D eigenvalue weighted by Crippen LogP contribution is -2.42. The number of nitrogens with two attached hydrogens (primary N) is 1. The maximum atomic E-state index is 13.5. The van der Waals surface area contributed by atoms with E-state index in [-0.39, 0.29) is 12.2 Å². The molecule has 1 atom stereocenters. The summed E-state index contributed by atoms with van der Waals surface area (Å²) < 4.78 is 1.48. The Bertz CT molecular complexity index is 1650. The molecule has 5 rings (SSSR count). The molecule has 9 heteroatoms. The third-order valence-electron chi connectivity index (χ3n) is 6.34. The molecular weight excluding hydrogens is 512 g/mol. The molecule has 0 aliphatic heterocycles. The van der Waals surface area contributed by atoms with Crippen LogP contribution >= 0.6 is 11.6 Å². The molecule has 4 aromatic carbocycles. The van der Waals surface area contributed by atoms with E-state index in [2.05, 4.69) is 20.8 Å². The van der Waals surface area contributed by atoms with Gasteiger partial charge in [0.15, 0.2) is 5.78 Å². The number of tetrazole rings is 1. The second-order valence-electron chi connectivity index (χ2n) is 9.09. The van der Waals surface area contributed by atoms with Crippen molar-refractivity contribution in [2.75, 3.05) is 5.73 Å². The molecule has 0 saturated heterocycles. The monoisotopic (exact) mass is 536 g/mol. The summed E-state index contributed by atoms with van der Waals surface area (Å²) in [5, 5.41) is 16.5. The van der Waals surface area contributed by atoms with E-state index in [9.17, 15) is 9.59 Å². The SMILES string of the molecule is Nc1cccc2cc(CC(=O)[C@H](Cc3ccccc3)NC(=O)/C=C/c3cc(Cl)ccc3-n3cnnn3)ccc12. The smallest absolute Gasteiger partial charge is 0.244 e. The molecule has 0 spiro atoms. The number of Topliss-reactive ketones (excluding diaryl/α,β-unsaturated/α-hetero) is 1. The number of carbonyl (C=O) groups is 2. The molecule has 0 fully saturated rings. The van der Waals surface area contributed by atoms with Crippen molar-refractivity contribution in [3.63, 3.8) is 0 Å². The summed E-state index contributed by atoms with van der Waals surface area (Å²) in [5.41, 5.74) is 9.86. The number of hydrogen-bond acceptors (Lipinski definition) is 6. The number of fused-ring (bicyclic) bond motifs is 1. The summed E-state index contributed by atoms with van der Waals surface area (Å²) >= 11 is 6.18. The van der Waals surface area contributed by atoms with Gasteiger partial charge in [0.05, 0.1) is 11.7 Å². The minimum absolute atomic E-state index is 0.0963. The Morgan fingerprint density at radius 1 is 0.974 bits per heavy atom. The fourth-order valence-corrected chi connectivity index (χ4v) is 4.59. The van der Waals surface area contributed by atoms with Gasteiger partial charge in [-0.3, -0.25) is 9.59 Å². The van der Waals surface area contributed by atoms with Gasteiger partial charge in [0.1, 0.15) is 6.33 Å². The van der Waals surface area contributed by atoms with Crippen LogP contribution in [0.4, 0.5) is 5.69 Å². The molecule has 0 bridgehead atoms. The quantitative estimate of drug-likeness (QED) is 0.210. The van der Waals surface area contributed by atoms with Gasteiger partial charge in [0.25, 0.3) is 0 Å². The summed E-state index contributed by atoms with van der Waals surface area (Å²) in [6, 6.07) is 25.6. The third-order valence-corrected chi connectivity index (χ3v) is 6.58. The minimum Gasteiger partial charge on any atom is -0.398 e. The van der Waals surface area contributed by atoms with E-state index in [0.717, 1.165) is 21.9 Å². The zero-order chi connectivity index (χ0) is 27.2. The average Bonchev–Trinajstić information content (AvgIpc) is 3.47. The Labute approximate surface area is 230 Å². The molecule has 194 valence electrons. The van der Waals surface area contributed by atoms with Crippen LogP contribution in [0, 0.1) is 0 Å². The second-order valence-corrected chi connectivity index (χ2v) is 9.52. The number of benzene rings is 4. The first kappa shape index (κ1) is 25.8.